The molecule has 1 aliphatic rings. The van der Waals surface area contributed by atoms with Crippen molar-refractivity contribution in [2.75, 3.05) is 23.3 Å². The summed E-state index contributed by atoms with van der Waals surface area (Å²) in [6.45, 7) is 1.51. The van der Waals surface area contributed by atoms with Gasteiger partial charge in [-0.15, -0.1) is 11.3 Å². The molecule has 0 bridgehead atoms. The average Bonchev–Trinajstić information content (AvgIpc) is 3.26. The zero-order valence-electron chi connectivity index (χ0n) is 16.8. The third-order valence-corrected chi connectivity index (χ3v) is 6.66. The zero-order valence-corrected chi connectivity index (χ0v) is 17.6. The number of anilines is 3. The van der Waals surface area contributed by atoms with Crippen molar-refractivity contribution in [3.8, 4) is 16.5 Å². The molecule has 3 heterocycles. The van der Waals surface area contributed by atoms with Crippen LogP contribution in [-0.2, 0) is 0 Å². The first-order valence-corrected chi connectivity index (χ1v) is 11.1. The van der Waals surface area contributed by atoms with Gasteiger partial charge in [-0.25, -0.2) is 9.97 Å². The molecule has 0 atom stereocenters. The van der Waals surface area contributed by atoms with Gasteiger partial charge in [-0.3, -0.25) is 0 Å². The minimum absolute atomic E-state index is 0.241. The fourth-order valence-electron chi connectivity index (χ4n) is 3.92. The fourth-order valence-corrected chi connectivity index (χ4v) is 4.93. The second kappa shape index (κ2) is 8.34. The molecule has 0 unspecified atom stereocenters. The first-order valence-electron chi connectivity index (χ1n) is 10.3. The standard InChI is InChI=1S/C24H21N5OS/c25-14-17-12-18(6-7-21(17)29-10-8-19(30)9-11-29)28-23-20-13-22(16-4-2-1-3-5-16)31-24(20)27-15-26-23/h1-7,12-13,15,19,30H,8-11H2,(H,26,27,28). The number of rotatable bonds is 4. The van der Waals surface area contributed by atoms with Gasteiger partial charge < -0.3 is 15.3 Å². The molecule has 1 saturated heterocycles. The summed E-state index contributed by atoms with van der Waals surface area (Å²) < 4.78 is 0. The predicted octanol–water partition coefficient (Wildman–Crippen LogP) is 4.93. The minimum Gasteiger partial charge on any atom is -0.393 e. The molecule has 2 N–H and O–H groups in total. The van der Waals surface area contributed by atoms with Crippen LogP contribution in [0, 0.1) is 11.3 Å². The van der Waals surface area contributed by atoms with Crippen LogP contribution in [0.4, 0.5) is 17.2 Å². The Morgan fingerprint density at radius 1 is 1.06 bits per heavy atom. The number of nitrogens with one attached hydrogen (secondary N) is 1. The maximum absolute atomic E-state index is 9.76. The van der Waals surface area contributed by atoms with Crippen LogP contribution in [0.15, 0.2) is 60.9 Å². The summed E-state index contributed by atoms with van der Waals surface area (Å²) >= 11 is 1.63. The molecule has 1 fully saturated rings. The van der Waals surface area contributed by atoms with Crippen molar-refractivity contribution in [2.45, 2.75) is 18.9 Å². The number of nitrogens with zero attached hydrogens (tertiary/aromatic N) is 4. The van der Waals surface area contributed by atoms with Gasteiger partial charge in [-0.2, -0.15) is 5.26 Å². The highest BCUT2D eigenvalue weighted by Gasteiger charge is 2.20. The van der Waals surface area contributed by atoms with Gasteiger partial charge in [0.05, 0.1) is 22.7 Å². The lowest BCUT2D eigenvalue weighted by Gasteiger charge is -2.32. The molecular formula is C24H21N5OS. The Bertz CT molecular complexity index is 1260. The van der Waals surface area contributed by atoms with Crippen molar-refractivity contribution in [3.63, 3.8) is 0 Å². The van der Waals surface area contributed by atoms with Crippen LogP contribution < -0.4 is 10.2 Å². The monoisotopic (exact) mass is 427 g/mol. The summed E-state index contributed by atoms with van der Waals surface area (Å²) in [5.74, 6) is 0.723. The summed E-state index contributed by atoms with van der Waals surface area (Å²) in [4.78, 5) is 13.1. The smallest absolute Gasteiger partial charge is 0.142 e. The Morgan fingerprint density at radius 3 is 2.65 bits per heavy atom. The Balaban J connectivity index is 1.44. The highest BCUT2D eigenvalue weighted by atomic mass is 32.1. The molecule has 4 aromatic rings. The Hall–Kier alpha value is -3.47. The third kappa shape index (κ3) is 3.96. The number of nitriles is 1. The molecule has 0 radical (unpaired) electrons. The van der Waals surface area contributed by atoms with E-state index >= 15 is 0 Å². The highest BCUT2D eigenvalue weighted by Crippen LogP contribution is 2.36. The van der Waals surface area contributed by atoms with E-state index in [0.29, 0.717) is 5.56 Å². The molecule has 2 aromatic carbocycles. The topological polar surface area (TPSA) is 85.1 Å². The molecule has 7 heteroatoms. The molecule has 1 aliphatic heterocycles. The van der Waals surface area contributed by atoms with Gasteiger partial charge in [-0.05, 0) is 42.7 Å². The number of thiophene rings is 1. The van der Waals surface area contributed by atoms with E-state index in [1.807, 2.05) is 36.4 Å². The largest absolute Gasteiger partial charge is 0.393 e. The van der Waals surface area contributed by atoms with Crippen LogP contribution in [0.25, 0.3) is 20.7 Å². The van der Waals surface area contributed by atoms with Gasteiger partial charge >= 0.3 is 0 Å². The van der Waals surface area contributed by atoms with Crippen molar-refractivity contribution in [1.82, 2.24) is 9.97 Å². The van der Waals surface area contributed by atoms with Crippen LogP contribution in [0.1, 0.15) is 18.4 Å². The van der Waals surface area contributed by atoms with Crippen molar-refractivity contribution in [3.05, 3.63) is 66.5 Å². The van der Waals surface area contributed by atoms with Crippen LogP contribution in [0.5, 0.6) is 0 Å². The molecule has 0 aliphatic carbocycles. The zero-order chi connectivity index (χ0) is 21.2. The van der Waals surface area contributed by atoms with E-state index in [1.54, 1.807) is 17.7 Å². The van der Waals surface area contributed by atoms with E-state index in [0.717, 1.165) is 63.8 Å². The third-order valence-electron chi connectivity index (χ3n) is 5.57. The molecule has 31 heavy (non-hydrogen) atoms. The van der Waals surface area contributed by atoms with E-state index in [2.05, 4.69) is 44.5 Å². The number of hydrogen-bond donors (Lipinski definition) is 2. The fraction of sp³-hybridized carbons (Fsp3) is 0.208. The second-order valence-electron chi connectivity index (χ2n) is 7.60. The van der Waals surface area contributed by atoms with Crippen LogP contribution in [0.3, 0.4) is 0 Å². The van der Waals surface area contributed by atoms with E-state index in [1.165, 1.54) is 0 Å². The second-order valence-corrected chi connectivity index (χ2v) is 8.64. The molecule has 0 spiro atoms. The van der Waals surface area contributed by atoms with E-state index < -0.39 is 0 Å². The number of aliphatic hydroxyl groups is 1. The van der Waals surface area contributed by atoms with Crippen molar-refractivity contribution in [1.29, 1.82) is 5.26 Å². The van der Waals surface area contributed by atoms with E-state index in [-0.39, 0.29) is 6.10 Å². The molecule has 5 rings (SSSR count). The van der Waals surface area contributed by atoms with Gasteiger partial charge in [0.25, 0.3) is 0 Å². The normalized spacial score (nSPS) is 14.5. The molecule has 0 amide bonds. The predicted molar refractivity (Wildman–Crippen MR) is 125 cm³/mol. The summed E-state index contributed by atoms with van der Waals surface area (Å²) in [6.07, 6.45) is 2.78. The van der Waals surface area contributed by atoms with Gasteiger partial charge in [0, 0.05) is 23.7 Å². The van der Waals surface area contributed by atoms with Gasteiger partial charge in [0.2, 0.25) is 0 Å². The number of fused-ring (bicyclic) bond motifs is 1. The molecule has 0 saturated carbocycles. The van der Waals surface area contributed by atoms with Crippen molar-refractivity contribution < 1.29 is 5.11 Å². The van der Waals surface area contributed by atoms with E-state index in [9.17, 15) is 10.4 Å². The highest BCUT2D eigenvalue weighted by molar-refractivity contribution is 7.21. The Labute approximate surface area is 184 Å². The van der Waals surface area contributed by atoms with Crippen LogP contribution >= 0.6 is 11.3 Å². The van der Waals surface area contributed by atoms with Crippen molar-refractivity contribution in [2.24, 2.45) is 0 Å². The summed E-state index contributed by atoms with van der Waals surface area (Å²) in [5.41, 5.74) is 3.49. The van der Waals surface area contributed by atoms with Gasteiger partial charge in [-0.1, -0.05) is 30.3 Å². The number of hydrogen-bond acceptors (Lipinski definition) is 7. The number of aromatic nitrogens is 2. The number of piperidine rings is 1. The maximum Gasteiger partial charge on any atom is 0.142 e. The average molecular weight is 428 g/mol. The first kappa shape index (κ1) is 19.5. The van der Waals surface area contributed by atoms with Gasteiger partial charge in [0.15, 0.2) is 0 Å². The lowest BCUT2D eigenvalue weighted by Crippen LogP contribution is -2.36. The molecule has 2 aromatic heterocycles. The SMILES string of the molecule is N#Cc1cc(Nc2ncnc3sc(-c4ccccc4)cc23)ccc1N1CCC(O)CC1. The first-order chi connectivity index (χ1) is 15.2. The van der Waals surface area contributed by atoms with Crippen molar-refractivity contribution >= 4 is 38.7 Å². The minimum atomic E-state index is -0.241. The Kier molecular flexibility index (Phi) is 5.24. The van der Waals surface area contributed by atoms with Gasteiger partial charge in [0.1, 0.15) is 23.0 Å². The lowest BCUT2D eigenvalue weighted by atomic mass is 10.0. The lowest BCUT2D eigenvalue weighted by molar-refractivity contribution is 0.145. The van der Waals surface area contributed by atoms with Crippen LogP contribution in [0.2, 0.25) is 0 Å². The Morgan fingerprint density at radius 2 is 1.87 bits per heavy atom. The molecule has 154 valence electrons. The molecular weight excluding hydrogens is 406 g/mol. The van der Waals surface area contributed by atoms with Crippen LogP contribution in [-0.4, -0.2) is 34.3 Å². The number of aliphatic hydroxyl groups excluding tert-OH is 1. The summed E-state index contributed by atoms with van der Waals surface area (Å²) in [7, 11) is 0. The summed E-state index contributed by atoms with van der Waals surface area (Å²) in [5, 5.41) is 23.8. The quantitative estimate of drug-likeness (QED) is 0.480. The number of benzene rings is 2. The summed E-state index contributed by atoms with van der Waals surface area (Å²) in [6, 6.07) is 20.5. The molecule has 6 nitrogen and oxygen atoms in total. The maximum atomic E-state index is 9.76. The van der Waals surface area contributed by atoms with E-state index in [4.69, 9.17) is 0 Å².